The zero-order chi connectivity index (χ0) is 19.4. The second kappa shape index (κ2) is 126000. The summed E-state index contributed by atoms with van der Waals surface area (Å²) in [4.78, 5) is 0. The predicted molar refractivity (Wildman–Crippen MR) is 109 cm³/mol. The zero-order valence-electron chi connectivity index (χ0n) is 14.3. The van der Waals surface area contributed by atoms with Gasteiger partial charge in [0, 0.05) is 0 Å². The predicted octanol–water partition coefficient (Wildman–Crippen LogP) is 5.55. The molecule has 0 bridgehead atoms. The van der Waals surface area contributed by atoms with Crippen LogP contribution >= 0.6 is 0 Å². The number of hydrogen-bond donors (Lipinski definition) is 3. The van der Waals surface area contributed by atoms with Gasteiger partial charge in [-0.15, -0.1) is 105 Å². The van der Waals surface area contributed by atoms with E-state index < -0.39 is 0 Å². The van der Waals surface area contributed by atoms with Gasteiger partial charge in [-0.2, -0.15) is 0 Å². The summed E-state index contributed by atoms with van der Waals surface area (Å²) < 4.78 is 0. The van der Waals surface area contributed by atoms with Crippen LogP contribution in [0.4, 0.5) is 0 Å². The summed E-state index contributed by atoms with van der Waals surface area (Å²) in [5, 5.41) is 15.2. The largest absolute Gasteiger partial charge is 0.394 e. The summed E-state index contributed by atoms with van der Waals surface area (Å²) in [6.07, 6.45) is 0. The first-order chi connectivity index (χ1) is 9.91. The minimum absolute atomic E-state index is 0. The molecule has 0 fully saturated rings. The van der Waals surface area contributed by atoms with Gasteiger partial charge in [-0.3, -0.25) is 0 Å². The smallest absolute Gasteiger partial charge is 0.0662 e. The van der Waals surface area contributed by atoms with E-state index in [0.717, 1.165) is 0 Å². The van der Waals surface area contributed by atoms with E-state index in [1.807, 2.05) is 0 Å². The highest BCUT2D eigenvalue weighted by Gasteiger charge is 1.58. The minimum Gasteiger partial charge on any atom is -0.394 e. The van der Waals surface area contributed by atoms with Crippen LogP contribution in [-0.2, 0) is 0 Å². The molecule has 0 unspecified atom stereocenters. The van der Waals surface area contributed by atoms with E-state index in [2.05, 4.69) is 105 Å². The maximum Gasteiger partial charge on any atom is 0.0662 e. The van der Waals surface area contributed by atoms with Crippen molar-refractivity contribution in [2.45, 2.75) is 0 Å². The third-order valence-electron chi connectivity index (χ3n) is 0.1000. The SMILES string of the molecule is C=C.C=C.C=C.C=C.C=C.C=C.C=C.C=C.N.OCCO. The van der Waals surface area contributed by atoms with Crippen LogP contribution in [0.1, 0.15) is 0 Å². The third-order valence-corrected chi connectivity index (χ3v) is 0.1000. The van der Waals surface area contributed by atoms with Crippen LogP contribution in [0.25, 0.3) is 0 Å². The van der Waals surface area contributed by atoms with Gasteiger partial charge < -0.3 is 16.4 Å². The summed E-state index contributed by atoms with van der Waals surface area (Å²) in [5.74, 6) is 0. The van der Waals surface area contributed by atoms with Crippen molar-refractivity contribution in [3.05, 3.63) is 105 Å². The summed E-state index contributed by atoms with van der Waals surface area (Å²) in [5.41, 5.74) is 0. The fourth-order valence-corrected chi connectivity index (χ4v) is 0. The van der Waals surface area contributed by atoms with Crippen molar-refractivity contribution in [3.63, 3.8) is 0 Å². The molecular formula is C18H41NO2. The van der Waals surface area contributed by atoms with E-state index in [1.165, 1.54) is 0 Å². The molecule has 0 aliphatic heterocycles. The third kappa shape index (κ3) is 3090. The first-order valence-electron chi connectivity index (χ1n) is 5.13. The Morgan fingerprint density at radius 3 is 0.381 bits per heavy atom. The fourth-order valence-electron chi connectivity index (χ4n) is 0. The molecule has 0 aromatic carbocycles. The molecule has 130 valence electrons. The molecule has 0 radical (unpaired) electrons. The summed E-state index contributed by atoms with van der Waals surface area (Å²) >= 11 is 0. The summed E-state index contributed by atoms with van der Waals surface area (Å²) in [6.45, 7) is 47.8. The van der Waals surface area contributed by atoms with Crippen LogP contribution in [0.15, 0.2) is 105 Å². The Morgan fingerprint density at radius 1 is 0.333 bits per heavy atom. The Labute approximate surface area is 135 Å². The molecule has 0 aliphatic rings. The van der Waals surface area contributed by atoms with Crippen molar-refractivity contribution >= 4 is 0 Å². The maximum atomic E-state index is 7.62. The molecule has 0 saturated carbocycles. The lowest BCUT2D eigenvalue weighted by molar-refractivity contribution is 0.186. The van der Waals surface area contributed by atoms with Crippen LogP contribution in [0.5, 0.6) is 0 Å². The van der Waals surface area contributed by atoms with Crippen molar-refractivity contribution < 1.29 is 10.2 Å². The average molecular weight is 304 g/mol. The van der Waals surface area contributed by atoms with Gasteiger partial charge in [-0.05, 0) is 0 Å². The second-order valence-corrected chi connectivity index (χ2v) is 0.447. The lowest BCUT2D eigenvalue weighted by atomic mass is 10.8. The first-order valence-corrected chi connectivity index (χ1v) is 5.13. The van der Waals surface area contributed by atoms with Gasteiger partial charge in [0.25, 0.3) is 0 Å². The second-order valence-electron chi connectivity index (χ2n) is 0.447. The molecule has 0 aliphatic carbocycles. The van der Waals surface area contributed by atoms with Gasteiger partial charge >= 0.3 is 0 Å². The lowest BCUT2D eigenvalue weighted by Crippen LogP contribution is -1.85. The summed E-state index contributed by atoms with van der Waals surface area (Å²) in [7, 11) is 0. The Kier molecular flexibility index (Phi) is 460000. The van der Waals surface area contributed by atoms with Crippen LogP contribution in [0.2, 0.25) is 0 Å². The molecule has 0 saturated heterocycles. The quantitative estimate of drug-likeness (QED) is 0.556. The van der Waals surface area contributed by atoms with Crippen molar-refractivity contribution in [1.29, 1.82) is 0 Å². The van der Waals surface area contributed by atoms with Crippen molar-refractivity contribution in [3.8, 4) is 0 Å². The van der Waals surface area contributed by atoms with E-state index >= 15 is 0 Å². The standard InChI is InChI=1S/C2H6O2.8C2H4.H3N/c3-1-2-4;8*1-2;/h3-4H,1-2H2;8*1-2H2;1H3. The zero-order valence-corrected chi connectivity index (χ0v) is 14.3. The monoisotopic (exact) mass is 303 g/mol. The fraction of sp³-hybridized carbons (Fsp3) is 0.111. The Morgan fingerprint density at radius 2 is 0.381 bits per heavy atom. The number of aliphatic hydroxyl groups is 2. The van der Waals surface area contributed by atoms with Gasteiger partial charge in [0.05, 0.1) is 13.2 Å². The van der Waals surface area contributed by atoms with Gasteiger partial charge in [0.15, 0.2) is 0 Å². The minimum atomic E-state index is -0.125. The number of rotatable bonds is 1. The molecule has 21 heavy (non-hydrogen) atoms. The lowest BCUT2D eigenvalue weighted by Gasteiger charge is -1.70. The number of aliphatic hydroxyl groups excluding tert-OH is 2. The van der Waals surface area contributed by atoms with Gasteiger partial charge in [0.2, 0.25) is 0 Å². The Balaban J connectivity index is -0.00000000822. The van der Waals surface area contributed by atoms with Crippen LogP contribution in [0.3, 0.4) is 0 Å². The average Bonchev–Trinajstić information content (AvgIpc) is 2.68. The van der Waals surface area contributed by atoms with E-state index in [0.29, 0.717) is 0 Å². The maximum absolute atomic E-state index is 7.62. The van der Waals surface area contributed by atoms with Crippen molar-refractivity contribution in [2.75, 3.05) is 13.2 Å². The van der Waals surface area contributed by atoms with E-state index in [1.54, 1.807) is 0 Å². The molecular weight excluding hydrogens is 262 g/mol. The highest BCUT2D eigenvalue weighted by molar-refractivity contribution is 4.23. The molecule has 0 rings (SSSR count). The summed E-state index contributed by atoms with van der Waals surface area (Å²) in [6, 6.07) is 0. The Hall–Kier alpha value is -2.20. The van der Waals surface area contributed by atoms with Gasteiger partial charge in [-0.1, -0.05) is 0 Å². The molecule has 5 N–H and O–H groups in total. The van der Waals surface area contributed by atoms with Gasteiger partial charge in [-0.25, -0.2) is 0 Å². The molecule has 0 atom stereocenters. The topological polar surface area (TPSA) is 75.5 Å². The van der Waals surface area contributed by atoms with Crippen molar-refractivity contribution in [2.24, 2.45) is 0 Å². The van der Waals surface area contributed by atoms with Crippen LogP contribution in [-0.4, -0.2) is 23.4 Å². The highest BCUT2D eigenvalue weighted by atomic mass is 16.3. The van der Waals surface area contributed by atoms with Crippen molar-refractivity contribution in [1.82, 2.24) is 6.15 Å². The molecule has 0 aromatic rings. The van der Waals surface area contributed by atoms with Gasteiger partial charge in [0.1, 0.15) is 0 Å². The van der Waals surface area contributed by atoms with E-state index in [9.17, 15) is 0 Å². The molecule has 0 aromatic heterocycles. The van der Waals surface area contributed by atoms with Crippen LogP contribution < -0.4 is 6.15 Å². The first kappa shape index (κ1) is 76.9. The molecule has 0 heterocycles. The Bertz CT molecular complexity index is 55.6. The van der Waals surface area contributed by atoms with E-state index in [4.69, 9.17) is 10.2 Å². The van der Waals surface area contributed by atoms with Crippen LogP contribution in [0, 0.1) is 0 Å². The number of hydrogen-bond acceptors (Lipinski definition) is 3. The molecule has 0 amide bonds. The molecule has 3 nitrogen and oxygen atoms in total. The highest BCUT2D eigenvalue weighted by Crippen LogP contribution is 1.39. The molecule has 0 spiro atoms. The van der Waals surface area contributed by atoms with E-state index in [-0.39, 0.29) is 19.4 Å². The normalized spacial score (nSPS) is 2.95. The molecule has 3 heteroatoms.